The number of para-hydroxylation sites is 1. The molecule has 0 bridgehead atoms. The molecular weight excluding hydrogens is 348 g/mol. The van der Waals surface area contributed by atoms with E-state index >= 15 is 0 Å². The van der Waals surface area contributed by atoms with Crippen molar-refractivity contribution < 1.29 is 14.1 Å². The Morgan fingerprint density at radius 3 is 2.74 bits per heavy atom. The summed E-state index contributed by atoms with van der Waals surface area (Å²) in [4.78, 5) is 22.2. The van der Waals surface area contributed by atoms with Crippen molar-refractivity contribution in [1.82, 2.24) is 5.43 Å². The van der Waals surface area contributed by atoms with Gasteiger partial charge in [-0.05, 0) is 30.7 Å². The molecule has 2 aromatic carbocycles. The largest absolute Gasteiger partial charge is 0.455 e. The zero-order valence-corrected chi connectivity index (χ0v) is 14.4. The highest BCUT2D eigenvalue weighted by atomic mass is 16.6. The minimum absolute atomic E-state index is 0.0198. The number of furan rings is 1. The van der Waals surface area contributed by atoms with Crippen molar-refractivity contribution in [3.63, 3.8) is 0 Å². The average molecular weight is 364 g/mol. The van der Waals surface area contributed by atoms with E-state index in [0.29, 0.717) is 22.8 Å². The monoisotopic (exact) mass is 364 g/mol. The van der Waals surface area contributed by atoms with Crippen LogP contribution in [0.15, 0.2) is 70.2 Å². The lowest BCUT2D eigenvalue weighted by Gasteiger charge is -2.06. The third kappa shape index (κ3) is 4.57. The maximum atomic E-state index is 11.9. The molecule has 0 saturated carbocycles. The number of nitrogens with zero attached hydrogens (tertiary/aromatic N) is 2. The van der Waals surface area contributed by atoms with Gasteiger partial charge in [0.15, 0.2) is 0 Å². The number of anilines is 1. The first kappa shape index (κ1) is 17.9. The van der Waals surface area contributed by atoms with Crippen LogP contribution in [0.5, 0.6) is 0 Å². The van der Waals surface area contributed by atoms with Crippen LogP contribution in [0.3, 0.4) is 0 Å². The fourth-order valence-corrected chi connectivity index (χ4v) is 2.37. The van der Waals surface area contributed by atoms with Crippen LogP contribution in [0.4, 0.5) is 16.2 Å². The van der Waals surface area contributed by atoms with Crippen molar-refractivity contribution in [2.75, 3.05) is 5.32 Å². The number of aryl methyl sites for hydroxylation is 1. The van der Waals surface area contributed by atoms with Crippen LogP contribution in [-0.4, -0.2) is 17.2 Å². The van der Waals surface area contributed by atoms with Gasteiger partial charge < -0.3 is 9.73 Å². The number of hydrazone groups is 1. The lowest BCUT2D eigenvalue weighted by Crippen LogP contribution is -2.24. The van der Waals surface area contributed by atoms with Gasteiger partial charge in [0.2, 0.25) is 0 Å². The Morgan fingerprint density at radius 2 is 1.96 bits per heavy atom. The summed E-state index contributed by atoms with van der Waals surface area (Å²) < 4.78 is 5.58. The number of nitro benzene ring substituents is 1. The van der Waals surface area contributed by atoms with Crippen molar-refractivity contribution in [2.24, 2.45) is 5.10 Å². The second kappa shape index (κ2) is 7.96. The number of nitrogens with one attached hydrogen (secondary N) is 2. The molecule has 27 heavy (non-hydrogen) atoms. The Hall–Kier alpha value is -3.94. The van der Waals surface area contributed by atoms with Crippen molar-refractivity contribution in [3.05, 3.63) is 82.1 Å². The van der Waals surface area contributed by atoms with Gasteiger partial charge in [-0.3, -0.25) is 10.1 Å². The molecule has 2 N–H and O–H groups in total. The number of benzene rings is 2. The van der Waals surface area contributed by atoms with Crippen LogP contribution in [-0.2, 0) is 0 Å². The Bertz CT molecular complexity index is 1010. The van der Waals surface area contributed by atoms with E-state index in [1.807, 2.05) is 25.1 Å². The fourth-order valence-electron chi connectivity index (χ4n) is 2.37. The molecule has 0 radical (unpaired) electrons. The molecule has 0 aliphatic carbocycles. The molecule has 0 spiro atoms. The molecule has 1 heterocycles. The standard InChI is InChI=1S/C19H16N4O4/c1-13-5-2-3-8-17(13)21-19(24)22-20-12-16-9-10-18(27-16)14-6-4-7-15(11-14)23(25)26/h2-12H,1H3,(H2,21,22,24). The fraction of sp³-hybridized carbons (Fsp3) is 0.0526. The van der Waals surface area contributed by atoms with Crippen LogP contribution >= 0.6 is 0 Å². The number of rotatable bonds is 5. The first-order valence-electron chi connectivity index (χ1n) is 8.03. The number of hydrogen-bond donors (Lipinski definition) is 2. The predicted octanol–water partition coefficient (Wildman–Crippen LogP) is 4.32. The van der Waals surface area contributed by atoms with E-state index in [1.54, 1.807) is 30.3 Å². The van der Waals surface area contributed by atoms with Gasteiger partial charge in [-0.1, -0.05) is 30.3 Å². The summed E-state index contributed by atoms with van der Waals surface area (Å²) in [6, 6.07) is 16.4. The topological polar surface area (TPSA) is 110 Å². The second-order valence-electron chi connectivity index (χ2n) is 5.65. The van der Waals surface area contributed by atoms with E-state index in [0.717, 1.165) is 5.56 Å². The van der Waals surface area contributed by atoms with Crippen LogP contribution in [0.25, 0.3) is 11.3 Å². The number of nitro groups is 1. The highest BCUT2D eigenvalue weighted by Gasteiger charge is 2.10. The SMILES string of the molecule is Cc1ccccc1NC(=O)NN=Cc1ccc(-c2cccc([N+](=O)[O-])c2)o1. The molecule has 8 heteroatoms. The number of urea groups is 1. The highest BCUT2D eigenvalue weighted by Crippen LogP contribution is 2.25. The van der Waals surface area contributed by atoms with Crippen LogP contribution in [0, 0.1) is 17.0 Å². The number of non-ortho nitro benzene ring substituents is 1. The molecule has 0 fully saturated rings. The Labute approximate surface area is 154 Å². The lowest BCUT2D eigenvalue weighted by molar-refractivity contribution is -0.384. The van der Waals surface area contributed by atoms with Crippen LogP contribution in [0.2, 0.25) is 0 Å². The lowest BCUT2D eigenvalue weighted by atomic mass is 10.1. The smallest absolute Gasteiger partial charge is 0.339 e. The molecule has 3 aromatic rings. The van der Waals surface area contributed by atoms with E-state index < -0.39 is 11.0 Å². The number of carbonyl (C=O) groups is 1. The van der Waals surface area contributed by atoms with Gasteiger partial charge in [-0.2, -0.15) is 5.10 Å². The Kier molecular flexibility index (Phi) is 5.27. The number of carbonyl (C=O) groups excluding carboxylic acids is 1. The van der Waals surface area contributed by atoms with Gasteiger partial charge in [0.1, 0.15) is 11.5 Å². The van der Waals surface area contributed by atoms with E-state index in [-0.39, 0.29) is 5.69 Å². The van der Waals surface area contributed by atoms with Crippen molar-refractivity contribution >= 4 is 23.6 Å². The van der Waals surface area contributed by atoms with E-state index in [1.165, 1.54) is 18.3 Å². The zero-order chi connectivity index (χ0) is 19.2. The number of hydrogen-bond acceptors (Lipinski definition) is 5. The van der Waals surface area contributed by atoms with Crippen LogP contribution < -0.4 is 10.7 Å². The summed E-state index contributed by atoms with van der Waals surface area (Å²) in [5.41, 5.74) is 4.53. The molecule has 0 aliphatic heterocycles. The minimum Gasteiger partial charge on any atom is -0.455 e. The van der Waals surface area contributed by atoms with Gasteiger partial charge in [-0.25, -0.2) is 10.2 Å². The molecule has 2 amide bonds. The van der Waals surface area contributed by atoms with E-state index in [2.05, 4.69) is 15.8 Å². The molecule has 3 rings (SSSR count). The van der Waals surface area contributed by atoms with Gasteiger partial charge >= 0.3 is 6.03 Å². The molecular formula is C19H16N4O4. The Balaban J connectivity index is 1.62. The molecule has 136 valence electrons. The molecule has 1 aromatic heterocycles. The first-order chi connectivity index (χ1) is 13.0. The number of amides is 2. The van der Waals surface area contributed by atoms with Crippen molar-refractivity contribution in [3.8, 4) is 11.3 Å². The maximum Gasteiger partial charge on any atom is 0.339 e. The first-order valence-corrected chi connectivity index (χ1v) is 8.03. The van der Waals surface area contributed by atoms with E-state index in [4.69, 9.17) is 4.42 Å². The van der Waals surface area contributed by atoms with Crippen LogP contribution in [0.1, 0.15) is 11.3 Å². The second-order valence-corrected chi connectivity index (χ2v) is 5.65. The highest BCUT2D eigenvalue weighted by molar-refractivity contribution is 5.90. The maximum absolute atomic E-state index is 11.9. The quantitative estimate of drug-likeness (QED) is 0.399. The third-order valence-electron chi connectivity index (χ3n) is 3.72. The molecule has 0 saturated heterocycles. The predicted molar refractivity (Wildman–Crippen MR) is 102 cm³/mol. The molecule has 0 unspecified atom stereocenters. The van der Waals surface area contributed by atoms with Crippen molar-refractivity contribution in [1.29, 1.82) is 0 Å². The average Bonchev–Trinajstić information content (AvgIpc) is 3.13. The summed E-state index contributed by atoms with van der Waals surface area (Å²) in [6.45, 7) is 1.89. The molecule has 0 atom stereocenters. The summed E-state index contributed by atoms with van der Waals surface area (Å²) in [6.07, 6.45) is 1.35. The Morgan fingerprint density at radius 1 is 1.15 bits per heavy atom. The summed E-state index contributed by atoms with van der Waals surface area (Å²) in [5.74, 6) is 0.859. The zero-order valence-electron chi connectivity index (χ0n) is 14.4. The van der Waals surface area contributed by atoms with E-state index in [9.17, 15) is 14.9 Å². The summed E-state index contributed by atoms with van der Waals surface area (Å²) in [5, 5.41) is 17.4. The van der Waals surface area contributed by atoms with Gasteiger partial charge in [0.05, 0.1) is 11.1 Å². The normalized spacial score (nSPS) is 10.7. The third-order valence-corrected chi connectivity index (χ3v) is 3.72. The minimum atomic E-state index is -0.481. The summed E-state index contributed by atoms with van der Waals surface area (Å²) in [7, 11) is 0. The van der Waals surface area contributed by atoms with Gasteiger partial charge in [-0.15, -0.1) is 0 Å². The molecule has 0 aliphatic rings. The van der Waals surface area contributed by atoms with Gasteiger partial charge in [0.25, 0.3) is 5.69 Å². The van der Waals surface area contributed by atoms with Crippen molar-refractivity contribution in [2.45, 2.75) is 6.92 Å². The summed E-state index contributed by atoms with van der Waals surface area (Å²) >= 11 is 0. The van der Waals surface area contributed by atoms with Gasteiger partial charge in [0, 0.05) is 23.4 Å². The molecule has 8 nitrogen and oxygen atoms in total.